The van der Waals surface area contributed by atoms with E-state index < -0.39 is 5.97 Å². The van der Waals surface area contributed by atoms with Gasteiger partial charge in [-0.15, -0.1) is 0 Å². The van der Waals surface area contributed by atoms with Crippen molar-refractivity contribution in [2.45, 2.75) is 32.2 Å². The third kappa shape index (κ3) is 5.79. The molecule has 0 atom stereocenters. The predicted molar refractivity (Wildman–Crippen MR) is 109 cm³/mol. The van der Waals surface area contributed by atoms with Crippen LogP contribution < -0.4 is 0 Å². The molecule has 0 aliphatic rings. The Labute approximate surface area is 165 Å². The van der Waals surface area contributed by atoms with Crippen LogP contribution in [0.4, 0.5) is 0 Å². The Morgan fingerprint density at radius 3 is 2.50 bits per heavy atom. The fourth-order valence-corrected chi connectivity index (χ4v) is 3.18. The van der Waals surface area contributed by atoms with Crippen LogP contribution in [0.2, 0.25) is 0 Å². The van der Waals surface area contributed by atoms with Crippen molar-refractivity contribution < 1.29 is 14.4 Å². The van der Waals surface area contributed by atoms with E-state index in [0.29, 0.717) is 5.56 Å². The number of hydrogen-bond acceptors (Lipinski definition) is 4. The second kappa shape index (κ2) is 9.85. The van der Waals surface area contributed by atoms with Crippen molar-refractivity contribution in [2.75, 3.05) is 13.6 Å². The molecule has 146 valence electrons. The Bertz CT molecular complexity index is 872. The van der Waals surface area contributed by atoms with E-state index in [-0.39, 0.29) is 0 Å². The van der Waals surface area contributed by atoms with Crippen LogP contribution >= 0.6 is 0 Å². The number of aromatic carboxylic acids is 1. The summed E-state index contributed by atoms with van der Waals surface area (Å²) in [6, 6.07) is 19.2. The van der Waals surface area contributed by atoms with Crippen molar-refractivity contribution in [3.63, 3.8) is 0 Å². The minimum absolute atomic E-state index is 0.328. The molecule has 0 fully saturated rings. The Balaban J connectivity index is 1.34. The van der Waals surface area contributed by atoms with Gasteiger partial charge in [-0.2, -0.15) is 0 Å². The minimum atomic E-state index is -0.887. The summed E-state index contributed by atoms with van der Waals surface area (Å²) in [5, 5.41) is 13.1. The topological polar surface area (TPSA) is 66.6 Å². The summed E-state index contributed by atoms with van der Waals surface area (Å²) in [5.74, 6) is 0.0493. The Morgan fingerprint density at radius 1 is 1.04 bits per heavy atom. The molecule has 0 saturated carbocycles. The molecule has 0 spiro atoms. The number of aryl methyl sites for hydroxylation is 1. The van der Waals surface area contributed by atoms with Gasteiger partial charge < -0.3 is 14.5 Å². The van der Waals surface area contributed by atoms with Gasteiger partial charge in [0, 0.05) is 24.6 Å². The molecule has 3 aromatic rings. The molecule has 0 bridgehead atoms. The first-order valence-corrected chi connectivity index (χ1v) is 9.63. The molecule has 0 unspecified atom stereocenters. The monoisotopic (exact) mass is 378 g/mol. The second-order valence-electron chi connectivity index (χ2n) is 7.10. The molecule has 1 aromatic heterocycles. The molecule has 0 amide bonds. The lowest BCUT2D eigenvalue weighted by Crippen LogP contribution is -2.19. The molecule has 3 rings (SSSR count). The molecule has 0 saturated heterocycles. The third-order valence-corrected chi connectivity index (χ3v) is 4.74. The van der Waals surface area contributed by atoms with Gasteiger partial charge in [0.25, 0.3) is 0 Å². The first kappa shape index (κ1) is 19.8. The zero-order chi connectivity index (χ0) is 19.8. The van der Waals surface area contributed by atoms with E-state index in [4.69, 9.17) is 9.63 Å². The van der Waals surface area contributed by atoms with E-state index in [1.807, 2.05) is 48.5 Å². The van der Waals surface area contributed by atoms with Gasteiger partial charge in [0.2, 0.25) is 0 Å². The van der Waals surface area contributed by atoms with Gasteiger partial charge in [-0.05, 0) is 44.1 Å². The number of nitrogens with zero attached hydrogens (tertiary/aromatic N) is 2. The number of rotatable bonds is 10. The summed E-state index contributed by atoms with van der Waals surface area (Å²) in [7, 11) is 2.09. The normalized spacial score (nSPS) is 11.1. The molecule has 1 N–H and O–H groups in total. The molecule has 0 radical (unpaired) electrons. The van der Waals surface area contributed by atoms with Crippen LogP contribution in [0.5, 0.6) is 0 Å². The van der Waals surface area contributed by atoms with Crippen molar-refractivity contribution in [3.8, 4) is 11.3 Å². The van der Waals surface area contributed by atoms with Gasteiger partial charge >= 0.3 is 5.97 Å². The van der Waals surface area contributed by atoms with E-state index in [1.54, 1.807) is 12.1 Å². The Kier molecular flexibility index (Phi) is 6.98. The van der Waals surface area contributed by atoms with Crippen LogP contribution in [-0.2, 0) is 13.0 Å². The number of carbonyl (C=O) groups is 1. The van der Waals surface area contributed by atoms with Gasteiger partial charge in [0.15, 0.2) is 0 Å². The summed E-state index contributed by atoms with van der Waals surface area (Å²) < 4.78 is 5.45. The number of aromatic nitrogens is 1. The van der Waals surface area contributed by atoms with Crippen LogP contribution in [0.15, 0.2) is 65.2 Å². The molecule has 5 heteroatoms. The highest BCUT2D eigenvalue weighted by atomic mass is 16.5. The summed E-state index contributed by atoms with van der Waals surface area (Å²) >= 11 is 0. The molecular weight excluding hydrogens is 352 g/mol. The molecule has 28 heavy (non-hydrogen) atoms. The fraction of sp³-hybridized carbons (Fsp3) is 0.304. The summed E-state index contributed by atoms with van der Waals surface area (Å²) in [6.45, 7) is 1.83. The van der Waals surface area contributed by atoms with E-state index in [0.717, 1.165) is 61.4 Å². The zero-order valence-corrected chi connectivity index (χ0v) is 16.2. The quantitative estimate of drug-likeness (QED) is 0.509. The van der Waals surface area contributed by atoms with Crippen molar-refractivity contribution >= 4 is 5.97 Å². The van der Waals surface area contributed by atoms with Gasteiger partial charge in [0.05, 0.1) is 5.56 Å². The highest BCUT2D eigenvalue weighted by Gasteiger charge is 2.07. The maximum atomic E-state index is 10.9. The molecule has 0 aliphatic heterocycles. The van der Waals surface area contributed by atoms with Crippen LogP contribution in [0.3, 0.4) is 0 Å². The van der Waals surface area contributed by atoms with Gasteiger partial charge in [0.1, 0.15) is 11.5 Å². The van der Waals surface area contributed by atoms with Gasteiger partial charge in [-0.25, -0.2) is 4.79 Å². The highest BCUT2D eigenvalue weighted by Crippen LogP contribution is 2.19. The lowest BCUT2D eigenvalue weighted by atomic mass is 10.1. The minimum Gasteiger partial charge on any atom is -0.478 e. The number of hydrogen-bond donors (Lipinski definition) is 1. The predicted octanol–water partition coefficient (Wildman–Crippen LogP) is 4.88. The average Bonchev–Trinajstić information content (AvgIpc) is 3.18. The van der Waals surface area contributed by atoms with Crippen LogP contribution in [0, 0.1) is 0 Å². The van der Waals surface area contributed by atoms with E-state index >= 15 is 0 Å². The van der Waals surface area contributed by atoms with Crippen LogP contribution in [-0.4, -0.2) is 34.7 Å². The maximum Gasteiger partial charge on any atom is 0.335 e. The van der Waals surface area contributed by atoms with Crippen molar-refractivity contribution in [1.82, 2.24) is 10.1 Å². The van der Waals surface area contributed by atoms with Gasteiger partial charge in [-0.1, -0.05) is 54.0 Å². The standard InChI is InChI=1S/C23H26N2O3/c1-25(17-18-11-13-20(14-12-18)23(26)27)15-7-3-6-10-21-16-22(24-28-21)19-8-4-2-5-9-19/h2,4-5,8-9,11-14,16H,3,6-7,10,15,17H2,1H3,(H,26,27). The molecule has 0 aliphatic carbocycles. The van der Waals surface area contributed by atoms with Gasteiger partial charge in [-0.3, -0.25) is 0 Å². The van der Waals surface area contributed by atoms with Crippen LogP contribution in [0.1, 0.15) is 40.9 Å². The van der Waals surface area contributed by atoms with Crippen LogP contribution in [0.25, 0.3) is 11.3 Å². The largest absolute Gasteiger partial charge is 0.478 e. The number of carboxylic acid groups (broad SMARTS) is 1. The number of benzene rings is 2. The first-order valence-electron chi connectivity index (χ1n) is 9.63. The molecule has 2 aromatic carbocycles. The SMILES string of the molecule is CN(CCCCCc1cc(-c2ccccc2)no1)Cc1ccc(C(=O)O)cc1. The molecular formula is C23H26N2O3. The first-order chi connectivity index (χ1) is 13.6. The van der Waals surface area contributed by atoms with E-state index in [1.165, 1.54) is 0 Å². The fourth-order valence-electron chi connectivity index (χ4n) is 3.18. The summed E-state index contributed by atoms with van der Waals surface area (Å²) in [6.07, 6.45) is 4.22. The van der Waals surface area contributed by atoms with E-state index in [2.05, 4.69) is 17.1 Å². The summed E-state index contributed by atoms with van der Waals surface area (Å²) in [5.41, 5.74) is 3.43. The Morgan fingerprint density at radius 2 is 1.79 bits per heavy atom. The smallest absolute Gasteiger partial charge is 0.335 e. The third-order valence-electron chi connectivity index (χ3n) is 4.74. The second-order valence-corrected chi connectivity index (χ2v) is 7.10. The van der Waals surface area contributed by atoms with Crippen molar-refractivity contribution in [3.05, 3.63) is 77.6 Å². The van der Waals surface area contributed by atoms with Crippen molar-refractivity contribution in [1.29, 1.82) is 0 Å². The molecule has 1 heterocycles. The lowest BCUT2D eigenvalue weighted by molar-refractivity contribution is 0.0697. The number of carboxylic acids is 1. The average molecular weight is 378 g/mol. The maximum absolute atomic E-state index is 10.9. The lowest BCUT2D eigenvalue weighted by Gasteiger charge is -2.16. The van der Waals surface area contributed by atoms with Crippen molar-refractivity contribution in [2.24, 2.45) is 0 Å². The summed E-state index contributed by atoms with van der Waals surface area (Å²) in [4.78, 5) is 13.2. The zero-order valence-electron chi connectivity index (χ0n) is 16.2. The van der Waals surface area contributed by atoms with E-state index in [9.17, 15) is 4.79 Å². The number of unbranched alkanes of at least 4 members (excludes halogenated alkanes) is 2. The Hall–Kier alpha value is -2.92. The highest BCUT2D eigenvalue weighted by molar-refractivity contribution is 5.87. The molecule has 5 nitrogen and oxygen atoms in total.